The Morgan fingerprint density at radius 2 is 1.76 bits per heavy atom. The maximum absolute atomic E-state index is 13.4. The molecule has 1 saturated heterocycles. The lowest BCUT2D eigenvalue weighted by molar-refractivity contribution is -0.137. The Morgan fingerprint density at radius 3 is 2.49 bits per heavy atom. The largest absolute Gasteiger partial charge is 0.497 e. The molecule has 3 aromatic heterocycles. The number of imidazole rings is 1. The van der Waals surface area contributed by atoms with Crippen molar-refractivity contribution in [2.45, 2.75) is 32.2 Å². The van der Waals surface area contributed by atoms with E-state index in [9.17, 15) is 13.2 Å². The predicted molar refractivity (Wildman–Crippen MR) is 134 cm³/mol. The number of fused-ring (bicyclic) bond motifs is 1. The smallest absolute Gasteiger partial charge is 0.416 e. The Balaban J connectivity index is 1.51. The van der Waals surface area contributed by atoms with Crippen LogP contribution in [0.1, 0.15) is 19.4 Å². The van der Waals surface area contributed by atoms with Crippen molar-refractivity contribution in [2.24, 2.45) is 0 Å². The van der Waals surface area contributed by atoms with Crippen molar-refractivity contribution in [2.75, 3.05) is 35.7 Å². The number of aromatic nitrogens is 4. The van der Waals surface area contributed by atoms with Gasteiger partial charge in [-0.3, -0.25) is 0 Å². The molecule has 5 rings (SSSR count). The fraction of sp³-hybridized carbons (Fsp3) is 0.320. The number of hydrogen-bond acceptors (Lipinski definition) is 8. The average Bonchev–Trinajstić information content (AvgIpc) is 3.30. The molecule has 9 nitrogen and oxygen atoms in total. The number of methoxy groups -OCH3 is 1. The Labute approximate surface area is 211 Å². The van der Waals surface area contributed by atoms with Crippen LogP contribution < -0.4 is 20.3 Å². The number of ether oxygens (including phenoxy) is 2. The molecule has 12 heteroatoms. The highest BCUT2D eigenvalue weighted by atomic mass is 19.4. The summed E-state index contributed by atoms with van der Waals surface area (Å²) in [5.74, 6) is 1.28. The first-order valence-corrected chi connectivity index (χ1v) is 11.7. The molecule has 4 heterocycles. The molecule has 1 aromatic carbocycles. The van der Waals surface area contributed by atoms with Crippen molar-refractivity contribution in [3.05, 3.63) is 60.6 Å². The predicted octanol–water partition coefficient (Wildman–Crippen LogP) is 5.25. The molecule has 0 amide bonds. The summed E-state index contributed by atoms with van der Waals surface area (Å²) < 4.78 is 53.1. The minimum Gasteiger partial charge on any atom is -0.497 e. The number of benzene rings is 1. The maximum Gasteiger partial charge on any atom is 0.416 e. The summed E-state index contributed by atoms with van der Waals surface area (Å²) in [6.07, 6.45) is 0.851. The molecule has 2 N–H and O–H groups in total. The monoisotopic (exact) mass is 513 g/mol. The minimum absolute atomic E-state index is 0.0119. The summed E-state index contributed by atoms with van der Waals surface area (Å²) in [6.45, 7) is 5.18. The standard InChI is InChI=1S/C25H26F3N7O2/c1-15-13-35(14-16(2)37-15)23-12-21(30-18-4-6-34-7-5-29-22(34)11-18)32-24(33-23)31-19-8-17(25(26,27)28)9-20(10-19)36-3/h4-12,15-16H,13-14H2,1-3H3,(H2,30,31,32,33)/t15-,16+. The third-order valence-electron chi connectivity index (χ3n) is 5.85. The van der Waals surface area contributed by atoms with E-state index in [1.54, 1.807) is 12.3 Å². The zero-order chi connectivity index (χ0) is 26.2. The molecule has 1 aliphatic heterocycles. The van der Waals surface area contributed by atoms with Gasteiger partial charge in [0.1, 0.15) is 23.0 Å². The van der Waals surface area contributed by atoms with E-state index in [1.165, 1.54) is 13.2 Å². The van der Waals surface area contributed by atoms with Crippen LogP contribution in [0.4, 0.5) is 42.1 Å². The first kappa shape index (κ1) is 24.6. The molecule has 194 valence electrons. The highest BCUT2D eigenvalue weighted by molar-refractivity contribution is 5.67. The van der Waals surface area contributed by atoms with Gasteiger partial charge in [0.2, 0.25) is 5.95 Å². The van der Waals surface area contributed by atoms with Crippen LogP contribution in [0, 0.1) is 0 Å². The van der Waals surface area contributed by atoms with E-state index in [2.05, 4.69) is 30.5 Å². The zero-order valence-corrected chi connectivity index (χ0v) is 20.5. The van der Waals surface area contributed by atoms with Crippen molar-refractivity contribution in [1.82, 2.24) is 19.4 Å². The highest BCUT2D eigenvalue weighted by Gasteiger charge is 2.31. The number of hydrogen-bond donors (Lipinski definition) is 2. The average molecular weight is 514 g/mol. The van der Waals surface area contributed by atoms with Gasteiger partial charge in [-0.15, -0.1) is 0 Å². The lowest BCUT2D eigenvalue weighted by Gasteiger charge is -2.36. The summed E-state index contributed by atoms with van der Waals surface area (Å²) >= 11 is 0. The lowest BCUT2D eigenvalue weighted by atomic mass is 10.2. The molecule has 37 heavy (non-hydrogen) atoms. The normalized spacial score (nSPS) is 18.2. The molecule has 0 unspecified atom stereocenters. The summed E-state index contributed by atoms with van der Waals surface area (Å²) in [4.78, 5) is 15.5. The zero-order valence-electron chi connectivity index (χ0n) is 20.5. The number of nitrogens with one attached hydrogen (secondary N) is 2. The molecule has 1 aliphatic rings. The van der Waals surface area contributed by atoms with Gasteiger partial charge in [0, 0.05) is 61.3 Å². The van der Waals surface area contributed by atoms with Crippen molar-refractivity contribution in [3.8, 4) is 5.75 Å². The molecule has 2 atom stereocenters. The second-order valence-electron chi connectivity index (χ2n) is 8.90. The van der Waals surface area contributed by atoms with Gasteiger partial charge < -0.3 is 29.4 Å². The van der Waals surface area contributed by atoms with Crippen molar-refractivity contribution < 1.29 is 22.6 Å². The van der Waals surface area contributed by atoms with Crippen LogP contribution >= 0.6 is 0 Å². The van der Waals surface area contributed by atoms with Gasteiger partial charge in [-0.25, -0.2) is 4.98 Å². The summed E-state index contributed by atoms with van der Waals surface area (Å²) in [6, 6.07) is 8.95. The van der Waals surface area contributed by atoms with Crippen LogP contribution in [0.25, 0.3) is 5.65 Å². The van der Waals surface area contributed by atoms with Crippen LogP contribution in [0.15, 0.2) is 55.0 Å². The first-order chi connectivity index (χ1) is 17.7. The van der Waals surface area contributed by atoms with Crippen molar-refractivity contribution >= 4 is 34.6 Å². The molecule has 0 radical (unpaired) electrons. The van der Waals surface area contributed by atoms with E-state index in [-0.39, 0.29) is 29.6 Å². The van der Waals surface area contributed by atoms with E-state index in [1.807, 2.05) is 42.8 Å². The number of pyridine rings is 1. The number of anilines is 5. The van der Waals surface area contributed by atoms with E-state index in [0.717, 1.165) is 23.5 Å². The topological polar surface area (TPSA) is 88.8 Å². The quantitative estimate of drug-likeness (QED) is 0.361. The number of rotatable bonds is 6. The SMILES string of the molecule is COc1cc(Nc2nc(Nc3ccn4ccnc4c3)cc(N3C[C@@H](C)O[C@@H](C)C3)n2)cc(C(F)(F)F)c1. The molecular formula is C25H26F3N7O2. The highest BCUT2D eigenvalue weighted by Crippen LogP contribution is 2.35. The first-order valence-electron chi connectivity index (χ1n) is 11.7. The van der Waals surface area contributed by atoms with Gasteiger partial charge in [0.05, 0.1) is 24.9 Å². The molecule has 0 spiro atoms. The third kappa shape index (κ3) is 5.69. The minimum atomic E-state index is -4.54. The van der Waals surface area contributed by atoms with E-state index >= 15 is 0 Å². The van der Waals surface area contributed by atoms with Gasteiger partial charge in [0.25, 0.3) is 0 Å². The molecule has 0 bridgehead atoms. The van der Waals surface area contributed by atoms with Crippen molar-refractivity contribution in [3.63, 3.8) is 0 Å². The van der Waals surface area contributed by atoms with E-state index in [4.69, 9.17) is 9.47 Å². The van der Waals surface area contributed by atoms with E-state index < -0.39 is 11.7 Å². The van der Waals surface area contributed by atoms with Gasteiger partial charge in [-0.1, -0.05) is 0 Å². The Morgan fingerprint density at radius 1 is 0.973 bits per heavy atom. The van der Waals surface area contributed by atoms with Gasteiger partial charge in [0.15, 0.2) is 0 Å². The second-order valence-corrected chi connectivity index (χ2v) is 8.90. The number of morpholine rings is 1. The number of halogens is 3. The fourth-order valence-electron chi connectivity index (χ4n) is 4.30. The fourth-order valence-corrected chi connectivity index (χ4v) is 4.30. The lowest BCUT2D eigenvalue weighted by Crippen LogP contribution is -2.45. The van der Waals surface area contributed by atoms with Crippen molar-refractivity contribution in [1.29, 1.82) is 0 Å². The van der Waals surface area contributed by atoms with Crippen LogP contribution in [0.3, 0.4) is 0 Å². The molecule has 0 aliphatic carbocycles. The summed E-state index contributed by atoms with van der Waals surface area (Å²) in [7, 11) is 1.32. The van der Waals surface area contributed by atoms with Crippen LogP contribution in [-0.4, -0.2) is 51.8 Å². The maximum atomic E-state index is 13.4. The molecule has 0 saturated carbocycles. The third-order valence-corrected chi connectivity index (χ3v) is 5.85. The number of nitrogens with zero attached hydrogens (tertiary/aromatic N) is 5. The van der Waals surface area contributed by atoms with Gasteiger partial charge in [-0.2, -0.15) is 23.1 Å². The second kappa shape index (κ2) is 9.77. The Bertz CT molecular complexity index is 1400. The van der Waals surface area contributed by atoms with Crippen LogP contribution in [0.5, 0.6) is 5.75 Å². The summed E-state index contributed by atoms with van der Waals surface area (Å²) in [5, 5.41) is 6.19. The van der Waals surface area contributed by atoms with Gasteiger partial charge >= 0.3 is 6.18 Å². The van der Waals surface area contributed by atoms with Crippen LogP contribution in [0.2, 0.25) is 0 Å². The number of alkyl halides is 3. The summed E-state index contributed by atoms with van der Waals surface area (Å²) in [5.41, 5.74) is 0.813. The molecule has 1 fully saturated rings. The molecule has 4 aromatic rings. The molecular weight excluding hydrogens is 487 g/mol. The Kier molecular flexibility index (Phi) is 6.50. The Hall–Kier alpha value is -4.06. The van der Waals surface area contributed by atoms with E-state index in [0.29, 0.717) is 24.7 Å². The van der Waals surface area contributed by atoms with Gasteiger partial charge in [-0.05, 0) is 32.0 Å². The van der Waals surface area contributed by atoms with Crippen LogP contribution in [-0.2, 0) is 10.9 Å².